The molecule has 20 heavy (non-hydrogen) atoms. The molecule has 0 aliphatic heterocycles. The van der Waals surface area contributed by atoms with Crippen molar-refractivity contribution in [2.24, 2.45) is 5.92 Å². The van der Waals surface area contributed by atoms with Crippen LogP contribution in [0.2, 0.25) is 0 Å². The quantitative estimate of drug-likeness (QED) is 0.698. The predicted octanol–water partition coefficient (Wildman–Crippen LogP) is 5.35. The van der Waals surface area contributed by atoms with E-state index in [0.717, 1.165) is 5.56 Å². The van der Waals surface area contributed by atoms with Gasteiger partial charge in [-0.05, 0) is 47.1 Å². The van der Waals surface area contributed by atoms with Crippen molar-refractivity contribution < 1.29 is 0 Å². The lowest BCUT2D eigenvalue weighted by atomic mass is 9.77. The van der Waals surface area contributed by atoms with Gasteiger partial charge >= 0.3 is 0 Å². The molecule has 0 amide bonds. The number of nitrogens with one attached hydrogen (secondary N) is 1. The van der Waals surface area contributed by atoms with Crippen molar-refractivity contribution in [3.8, 4) is 0 Å². The zero-order valence-electron chi connectivity index (χ0n) is 13.5. The molecule has 1 aromatic carbocycles. The van der Waals surface area contributed by atoms with Crippen LogP contribution in [0.3, 0.4) is 0 Å². The molecule has 0 saturated carbocycles. The molecule has 1 unspecified atom stereocenters. The zero-order valence-corrected chi connectivity index (χ0v) is 13.5. The molecule has 106 valence electrons. The van der Waals surface area contributed by atoms with Crippen molar-refractivity contribution in [1.29, 1.82) is 5.41 Å². The topological polar surface area (TPSA) is 23.9 Å². The summed E-state index contributed by atoms with van der Waals surface area (Å²) in [7, 11) is 0. The average molecular weight is 267 g/mol. The van der Waals surface area contributed by atoms with Gasteiger partial charge in [0.05, 0.1) is 0 Å². The second-order valence-electron chi connectivity index (χ2n) is 6.84. The second-order valence-corrected chi connectivity index (χ2v) is 6.84. The summed E-state index contributed by atoms with van der Waals surface area (Å²) in [5, 5.41) is 7.77. The summed E-state index contributed by atoms with van der Waals surface area (Å²) >= 11 is 0. The molecular weight excluding hydrogens is 242 g/mol. The summed E-state index contributed by atoms with van der Waals surface area (Å²) in [6, 6.07) is 6.33. The Labute approximate surface area is 122 Å². The summed E-state index contributed by atoms with van der Waals surface area (Å²) in [6.45, 7) is 13.4. The van der Waals surface area contributed by atoms with Crippen LogP contribution < -0.4 is 0 Å². The van der Waals surface area contributed by atoms with Crippen LogP contribution in [0.25, 0.3) is 5.57 Å². The van der Waals surface area contributed by atoms with Crippen LogP contribution in [-0.2, 0) is 5.41 Å². The lowest BCUT2D eigenvalue weighted by molar-refractivity contribution is 0.587. The molecule has 1 atom stereocenters. The van der Waals surface area contributed by atoms with E-state index >= 15 is 0 Å². The van der Waals surface area contributed by atoms with E-state index in [-0.39, 0.29) is 5.41 Å². The van der Waals surface area contributed by atoms with Gasteiger partial charge in [0.25, 0.3) is 0 Å². The van der Waals surface area contributed by atoms with Gasteiger partial charge in [-0.2, -0.15) is 0 Å². The average Bonchev–Trinajstić information content (AvgIpc) is 2.61. The molecule has 0 aromatic heterocycles. The maximum atomic E-state index is 7.77. The highest BCUT2D eigenvalue weighted by molar-refractivity contribution is 5.92. The third-order valence-electron chi connectivity index (χ3n) is 4.28. The molecule has 0 spiro atoms. The van der Waals surface area contributed by atoms with E-state index in [1.165, 1.54) is 34.1 Å². The Morgan fingerprint density at radius 2 is 1.80 bits per heavy atom. The Morgan fingerprint density at radius 3 is 2.25 bits per heavy atom. The molecule has 1 nitrogen and oxygen atoms in total. The van der Waals surface area contributed by atoms with Gasteiger partial charge < -0.3 is 5.41 Å². The molecule has 2 rings (SSSR count). The van der Waals surface area contributed by atoms with Crippen LogP contribution >= 0.6 is 0 Å². The highest BCUT2D eigenvalue weighted by Crippen LogP contribution is 2.42. The Kier molecular flexibility index (Phi) is 3.73. The van der Waals surface area contributed by atoms with Crippen molar-refractivity contribution in [2.75, 3.05) is 0 Å². The van der Waals surface area contributed by atoms with Crippen LogP contribution in [0.4, 0.5) is 0 Å². The molecule has 1 heteroatoms. The van der Waals surface area contributed by atoms with E-state index in [1.54, 1.807) is 0 Å². The van der Waals surface area contributed by atoms with E-state index in [9.17, 15) is 0 Å². The molecular formula is C19H25N. The summed E-state index contributed by atoms with van der Waals surface area (Å²) < 4.78 is 0. The predicted molar refractivity (Wildman–Crippen MR) is 88.5 cm³/mol. The fraction of sp³-hybridized carbons (Fsp3) is 0.421. The van der Waals surface area contributed by atoms with Crippen LogP contribution in [0.1, 0.15) is 58.2 Å². The van der Waals surface area contributed by atoms with E-state index in [0.29, 0.717) is 5.92 Å². The van der Waals surface area contributed by atoms with Gasteiger partial charge in [0.1, 0.15) is 0 Å². The normalized spacial score (nSPS) is 19.3. The lowest BCUT2D eigenvalue weighted by Crippen LogP contribution is -2.16. The first-order valence-corrected chi connectivity index (χ1v) is 7.31. The van der Waals surface area contributed by atoms with Crippen molar-refractivity contribution in [2.45, 2.75) is 47.0 Å². The maximum Gasteiger partial charge on any atom is 0.0256 e. The largest absolute Gasteiger partial charge is 0.308 e. The number of hydrogen-bond donors (Lipinski definition) is 1. The number of rotatable bonds is 2. The fourth-order valence-corrected chi connectivity index (χ4v) is 3.17. The molecule has 1 aliphatic rings. The molecule has 1 N–H and O–H groups in total. The molecule has 0 heterocycles. The first kappa shape index (κ1) is 14.8. The van der Waals surface area contributed by atoms with Crippen LogP contribution in [0, 0.1) is 11.3 Å². The third kappa shape index (κ3) is 2.37. The molecule has 1 aliphatic carbocycles. The Balaban J connectivity index is 2.78. The van der Waals surface area contributed by atoms with Crippen molar-refractivity contribution >= 4 is 11.8 Å². The minimum absolute atomic E-state index is 0.0812. The summed E-state index contributed by atoms with van der Waals surface area (Å²) in [6.07, 6.45) is 3.82. The molecule has 0 radical (unpaired) electrons. The number of benzene rings is 1. The van der Waals surface area contributed by atoms with Gasteiger partial charge in [-0.3, -0.25) is 0 Å². The number of allylic oxidation sites excluding steroid dienone is 4. The van der Waals surface area contributed by atoms with Crippen molar-refractivity contribution in [3.05, 3.63) is 52.1 Å². The van der Waals surface area contributed by atoms with Crippen LogP contribution in [0.15, 0.2) is 35.4 Å². The third-order valence-corrected chi connectivity index (χ3v) is 4.28. The summed E-state index contributed by atoms with van der Waals surface area (Å²) in [5.41, 5.74) is 7.85. The highest BCUT2D eigenvalue weighted by atomic mass is 14.4. The van der Waals surface area contributed by atoms with Crippen LogP contribution in [0.5, 0.6) is 0 Å². The van der Waals surface area contributed by atoms with Crippen molar-refractivity contribution in [3.63, 3.8) is 0 Å². The number of hydrogen-bond acceptors (Lipinski definition) is 1. The first-order valence-electron chi connectivity index (χ1n) is 7.31. The monoisotopic (exact) mass is 267 g/mol. The molecule has 0 fully saturated rings. The SMILES string of the molecule is CC1=CC(C)C(c2c(C=N)cccc2C(C)(C)C)=C1C. The van der Waals surface area contributed by atoms with Gasteiger partial charge in [0.15, 0.2) is 0 Å². The van der Waals surface area contributed by atoms with E-state index < -0.39 is 0 Å². The van der Waals surface area contributed by atoms with Crippen molar-refractivity contribution in [1.82, 2.24) is 0 Å². The van der Waals surface area contributed by atoms with Gasteiger partial charge in [-0.15, -0.1) is 0 Å². The van der Waals surface area contributed by atoms with E-state index in [1.807, 2.05) is 0 Å². The summed E-state index contributed by atoms with van der Waals surface area (Å²) in [4.78, 5) is 0. The second kappa shape index (κ2) is 5.05. The van der Waals surface area contributed by atoms with E-state index in [4.69, 9.17) is 5.41 Å². The smallest absolute Gasteiger partial charge is 0.0256 e. The molecule has 1 aromatic rings. The Bertz CT molecular complexity index is 609. The standard InChI is InChI=1S/C19H25N/c1-12-10-13(2)17(14(12)3)18-15(11-20)8-7-9-16(18)19(4,5)6/h7-11,13,20H,1-6H3. The molecule has 0 saturated heterocycles. The van der Waals surface area contributed by atoms with Gasteiger partial charge in [0, 0.05) is 12.1 Å². The minimum Gasteiger partial charge on any atom is -0.308 e. The summed E-state index contributed by atoms with van der Waals surface area (Å²) in [5.74, 6) is 0.428. The fourth-order valence-electron chi connectivity index (χ4n) is 3.17. The first-order chi connectivity index (χ1) is 9.27. The van der Waals surface area contributed by atoms with Gasteiger partial charge in [-0.1, -0.05) is 57.5 Å². The minimum atomic E-state index is 0.0812. The Hall–Kier alpha value is -1.63. The Morgan fingerprint density at radius 1 is 1.15 bits per heavy atom. The maximum absolute atomic E-state index is 7.77. The van der Waals surface area contributed by atoms with Gasteiger partial charge in [0.2, 0.25) is 0 Å². The van der Waals surface area contributed by atoms with Gasteiger partial charge in [-0.25, -0.2) is 0 Å². The van der Waals surface area contributed by atoms with E-state index in [2.05, 4.69) is 65.8 Å². The van der Waals surface area contributed by atoms with Crippen LogP contribution in [-0.4, -0.2) is 6.21 Å². The lowest BCUT2D eigenvalue weighted by Gasteiger charge is -2.27. The zero-order chi connectivity index (χ0) is 15.1. The highest BCUT2D eigenvalue weighted by Gasteiger charge is 2.27. The molecule has 0 bridgehead atoms.